The van der Waals surface area contributed by atoms with Crippen LogP contribution in [0.15, 0.2) is 45.9 Å². The Morgan fingerprint density at radius 3 is 3.07 bits per heavy atom. The fourth-order valence-electron chi connectivity index (χ4n) is 1.11. The van der Waals surface area contributed by atoms with Crippen LogP contribution in [0.1, 0.15) is 5.56 Å². The predicted octanol–water partition coefficient (Wildman–Crippen LogP) is 3.05. The number of hydrogen-bond acceptors (Lipinski definition) is 3. The van der Waals surface area contributed by atoms with Crippen molar-refractivity contribution in [3.05, 3.63) is 47.1 Å². The van der Waals surface area contributed by atoms with E-state index in [1.807, 2.05) is 12.1 Å². The molecule has 4 heteroatoms. The Balaban J connectivity index is 1.98. The van der Waals surface area contributed by atoms with Crippen molar-refractivity contribution in [2.45, 2.75) is 6.54 Å². The number of anilines is 1. The quantitative estimate of drug-likeness (QED) is 0.913. The van der Waals surface area contributed by atoms with Crippen LogP contribution in [0.5, 0.6) is 0 Å². The minimum absolute atomic E-state index is 0.745. The lowest BCUT2D eigenvalue weighted by molar-refractivity contribution is 0.564. The molecular weight excluding hydrogens is 244 g/mol. The molecule has 2 heterocycles. The van der Waals surface area contributed by atoms with Gasteiger partial charge in [0.05, 0.1) is 24.4 Å². The average molecular weight is 253 g/mol. The van der Waals surface area contributed by atoms with Crippen LogP contribution in [-0.2, 0) is 6.54 Å². The third-order valence-corrected chi connectivity index (χ3v) is 2.22. The van der Waals surface area contributed by atoms with Gasteiger partial charge in [0, 0.05) is 22.8 Å². The second-order valence-corrected chi connectivity index (χ2v) is 3.79. The van der Waals surface area contributed by atoms with E-state index in [0.29, 0.717) is 0 Å². The van der Waals surface area contributed by atoms with Gasteiger partial charge >= 0.3 is 0 Å². The van der Waals surface area contributed by atoms with E-state index in [1.165, 1.54) is 0 Å². The molecule has 0 saturated heterocycles. The molecule has 0 fully saturated rings. The number of hydrogen-bond donors (Lipinski definition) is 1. The summed E-state index contributed by atoms with van der Waals surface area (Å²) in [4.78, 5) is 4.05. The molecule has 1 N–H and O–H groups in total. The third kappa shape index (κ3) is 2.35. The first-order chi connectivity index (χ1) is 6.84. The molecule has 0 aromatic carbocycles. The Morgan fingerprint density at radius 1 is 1.43 bits per heavy atom. The Bertz CT molecular complexity index is 400. The Labute approximate surface area is 90.3 Å². The highest BCUT2D eigenvalue weighted by molar-refractivity contribution is 9.10. The molecule has 0 unspecified atom stereocenters. The number of nitrogens with zero attached hydrogens (tertiary/aromatic N) is 1. The fraction of sp³-hybridized carbons (Fsp3) is 0.100. The maximum absolute atomic E-state index is 4.96. The number of pyridine rings is 1. The van der Waals surface area contributed by atoms with E-state index < -0.39 is 0 Å². The van der Waals surface area contributed by atoms with Crippen molar-refractivity contribution in [1.29, 1.82) is 0 Å². The molecule has 2 aromatic heterocycles. The van der Waals surface area contributed by atoms with Gasteiger partial charge in [-0.3, -0.25) is 4.98 Å². The number of rotatable bonds is 3. The zero-order valence-electron chi connectivity index (χ0n) is 7.40. The van der Waals surface area contributed by atoms with E-state index in [9.17, 15) is 0 Å². The van der Waals surface area contributed by atoms with Gasteiger partial charge in [-0.15, -0.1) is 0 Å². The minimum Gasteiger partial charge on any atom is -0.472 e. The first-order valence-corrected chi connectivity index (χ1v) is 4.99. The zero-order chi connectivity index (χ0) is 9.80. The van der Waals surface area contributed by atoms with Gasteiger partial charge in [-0.05, 0) is 28.1 Å². The molecule has 0 atom stereocenters. The van der Waals surface area contributed by atoms with Crippen molar-refractivity contribution in [2.24, 2.45) is 0 Å². The van der Waals surface area contributed by atoms with Crippen LogP contribution in [0.4, 0.5) is 5.69 Å². The van der Waals surface area contributed by atoms with E-state index in [-0.39, 0.29) is 0 Å². The SMILES string of the molecule is Brc1cncc(NCc2ccoc2)c1. The summed E-state index contributed by atoms with van der Waals surface area (Å²) < 4.78 is 5.93. The molecule has 0 bridgehead atoms. The molecule has 0 aliphatic carbocycles. The largest absolute Gasteiger partial charge is 0.472 e. The highest BCUT2D eigenvalue weighted by Crippen LogP contribution is 2.14. The van der Waals surface area contributed by atoms with Crippen molar-refractivity contribution in [3.8, 4) is 0 Å². The number of nitrogens with one attached hydrogen (secondary N) is 1. The van der Waals surface area contributed by atoms with E-state index >= 15 is 0 Å². The van der Waals surface area contributed by atoms with Gasteiger partial charge in [-0.25, -0.2) is 0 Å². The molecule has 0 radical (unpaired) electrons. The minimum atomic E-state index is 0.745. The normalized spacial score (nSPS) is 10.1. The molecule has 72 valence electrons. The summed E-state index contributed by atoms with van der Waals surface area (Å²) in [6.07, 6.45) is 6.92. The Hall–Kier alpha value is -1.29. The maximum atomic E-state index is 4.96. The van der Waals surface area contributed by atoms with Gasteiger partial charge in [-0.2, -0.15) is 0 Å². The van der Waals surface area contributed by atoms with Crippen molar-refractivity contribution >= 4 is 21.6 Å². The Kier molecular flexibility index (Phi) is 2.84. The van der Waals surface area contributed by atoms with E-state index in [2.05, 4.69) is 26.2 Å². The van der Waals surface area contributed by atoms with Gasteiger partial charge in [0.2, 0.25) is 0 Å². The van der Waals surface area contributed by atoms with E-state index in [4.69, 9.17) is 4.42 Å². The van der Waals surface area contributed by atoms with Crippen LogP contribution in [0.2, 0.25) is 0 Å². The van der Waals surface area contributed by atoms with Gasteiger partial charge < -0.3 is 9.73 Å². The van der Waals surface area contributed by atoms with Crippen molar-refractivity contribution in [1.82, 2.24) is 4.98 Å². The van der Waals surface area contributed by atoms with Crippen LogP contribution >= 0.6 is 15.9 Å². The van der Waals surface area contributed by atoms with Gasteiger partial charge in [-0.1, -0.05) is 0 Å². The van der Waals surface area contributed by atoms with E-state index in [1.54, 1.807) is 24.9 Å². The molecule has 3 nitrogen and oxygen atoms in total. The molecule has 0 aliphatic rings. The highest BCUT2D eigenvalue weighted by atomic mass is 79.9. The monoisotopic (exact) mass is 252 g/mol. The molecule has 2 rings (SSSR count). The summed E-state index contributed by atoms with van der Waals surface area (Å²) in [5, 5.41) is 3.24. The van der Waals surface area contributed by atoms with E-state index in [0.717, 1.165) is 22.3 Å². The van der Waals surface area contributed by atoms with Crippen LogP contribution in [0.3, 0.4) is 0 Å². The van der Waals surface area contributed by atoms with Crippen LogP contribution in [0, 0.1) is 0 Å². The molecule has 2 aromatic rings. The smallest absolute Gasteiger partial charge is 0.0952 e. The lowest BCUT2D eigenvalue weighted by Gasteiger charge is -2.03. The molecule has 0 aliphatic heterocycles. The van der Waals surface area contributed by atoms with Crippen LogP contribution in [-0.4, -0.2) is 4.98 Å². The third-order valence-electron chi connectivity index (χ3n) is 1.78. The van der Waals surface area contributed by atoms with Crippen molar-refractivity contribution < 1.29 is 4.42 Å². The first-order valence-electron chi connectivity index (χ1n) is 4.20. The number of aromatic nitrogens is 1. The standard InChI is InChI=1S/C10H9BrN2O/c11-9-3-10(6-12-5-9)13-4-8-1-2-14-7-8/h1-3,5-7,13H,4H2. The summed E-state index contributed by atoms with van der Waals surface area (Å²) in [6, 6.07) is 3.91. The number of halogens is 1. The van der Waals surface area contributed by atoms with Gasteiger partial charge in [0.1, 0.15) is 0 Å². The van der Waals surface area contributed by atoms with Gasteiger partial charge in [0.25, 0.3) is 0 Å². The summed E-state index contributed by atoms with van der Waals surface area (Å²) in [6.45, 7) is 0.745. The number of furan rings is 1. The summed E-state index contributed by atoms with van der Waals surface area (Å²) in [5.74, 6) is 0. The van der Waals surface area contributed by atoms with Crippen LogP contribution < -0.4 is 5.32 Å². The van der Waals surface area contributed by atoms with Crippen molar-refractivity contribution in [2.75, 3.05) is 5.32 Å². The molecular formula is C10H9BrN2O. The molecule has 0 spiro atoms. The second kappa shape index (κ2) is 4.28. The Morgan fingerprint density at radius 2 is 2.36 bits per heavy atom. The highest BCUT2D eigenvalue weighted by Gasteiger charge is 1.95. The topological polar surface area (TPSA) is 38.1 Å². The summed E-state index contributed by atoms with van der Waals surface area (Å²) >= 11 is 3.36. The van der Waals surface area contributed by atoms with Gasteiger partial charge in [0.15, 0.2) is 0 Å². The maximum Gasteiger partial charge on any atom is 0.0952 e. The van der Waals surface area contributed by atoms with Crippen molar-refractivity contribution in [3.63, 3.8) is 0 Å². The average Bonchev–Trinajstić information content (AvgIpc) is 2.67. The second-order valence-electron chi connectivity index (χ2n) is 2.88. The summed E-state index contributed by atoms with van der Waals surface area (Å²) in [5.41, 5.74) is 2.10. The lowest BCUT2D eigenvalue weighted by atomic mass is 10.3. The lowest BCUT2D eigenvalue weighted by Crippen LogP contribution is -1.98. The zero-order valence-corrected chi connectivity index (χ0v) is 8.99. The summed E-state index contributed by atoms with van der Waals surface area (Å²) in [7, 11) is 0. The van der Waals surface area contributed by atoms with Crippen LogP contribution in [0.25, 0.3) is 0 Å². The fourth-order valence-corrected chi connectivity index (χ4v) is 1.47. The molecule has 0 saturated carbocycles. The predicted molar refractivity (Wildman–Crippen MR) is 58.0 cm³/mol. The molecule has 0 amide bonds. The first kappa shape index (κ1) is 9.27. The molecule has 14 heavy (non-hydrogen) atoms.